The van der Waals surface area contributed by atoms with Gasteiger partial charge in [-0.1, -0.05) is 0 Å². The SMILES string of the molecule is O=[N+]([O-])c1ccc(N2CCCC(O)C2)nc1. The van der Waals surface area contributed by atoms with Crippen LogP contribution in [0.2, 0.25) is 0 Å². The van der Waals surface area contributed by atoms with Crippen LogP contribution in [-0.2, 0) is 0 Å². The molecular formula is C10H13N3O3. The zero-order chi connectivity index (χ0) is 11.5. The first-order valence-electron chi connectivity index (χ1n) is 5.20. The Morgan fingerprint density at radius 2 is 2.38 bits per heavy atom. The normalized spacial score (nSPS) is 20.8. The Bertz CT molecular complexity index is 379. The molecule has 1 aromatic heterocycles. The van der Waals surface area contributed by atoms with Gasteiger partial charge < -0.3 is 10.0 Å². The molecular weight excluding hydrogens is 210 g/mol. The molecule has 86 valence electrons. The molecule has 1 unspecified atom stereocenters. The topological polar surface area (TPSA) is 79.5 Å². The van der Waals surface area contributed by atoms with E-state index < -0.39 is 4.92 Å². The molecule has 2 heterocycles. The molecule has 2 rings (SSSR count). The number of aliphatic hydroxyl groups excluding tert-OH is 1. The van der Waals surface area contributed by atoms with Gasteiger partial charge in [0.1, 0.15) is 12.0 Å². The first-order chi connectivity index (χ1) is 7.66. The summed E-state index contributed by atoms with van der Waals surface area (Å²) in [4.78, 5) is 16.0. The van der Waals surface area contributed by atoms with Gasteiger partial charge >= 0.3 is 0 Å². The first-order valence-corrected chi connectivity index (χ1v) is 5.20. The van der Waals surface area contributed by atoms with Crippen molar-refractivity contribution in [2.24, 2.45) is 0 Å². The summed E-state index contributed by atoms with van der Waals surface area (Å²) in [6, 6.07) is 3.06. The first kappa shape index (κ1) is 10.8. The van der Waals surface area contributed by atoms with Gasteiger partial charge in [-0.25, -0.2) is 4.98 Å². The Morgan fingerprint density at radius 3 is 2.94 bits per heavy atom. The highest BCUT2D eigenvalue weighted by atomic mass is 16.6. The minimum Gasteiger partial charge on any atom is -0.391 e. The predicted molar refractivity (Wildman–Crippen MR) is 58.3 cm³/mol. The van der Waals surface area contributed by atoms with E-state index in [1.807, 2.05) is 4.90 Å². The monoisotopic (exact) mass is 223 g/mol. The van der Waals surface area contributed by atoms with Crippen LogP contribution in [0.4, 0.5) is 11.5 Å². The number of nitrogens with zero attached hydrogens (tertiary/aromatic N) is 3. The van der Waals surface area contributed by atoms with Crippen molar-refractivity contribution < 1.29 is 10.0 Å². The smallest absolute Gasteiger partial charge is 0.287 e. The fraction of sp³-hybridized carbons (Fsp3) is 0.500. The van der Waals surface area contributed by atoms with Crippen LogP contribution < -0.4 is 4.90 Å². The number of pyridine rings is 1. The van der Waals surface area contributed by atoms with Gasteiger partial charge in [0.05, 0.1) is 11.0 Å². The average Bonchev–Trinajstić information content (AvgIpc) is 2.29. The zero-order valence-electron chi connectivity index (χ0n) is 8.74. The quantitative estimate of drug-likeness (QED) is 0.596. The molecule has 1 aliphatic heterocycles. The molecule has 1 aliphatic rings. The largest absolute Gasteiger partial charge is 0.391 e. The van der Waals surface area contributed by atoms with Crippen LogP contribution in [0, 0.1) is 10.1 Å². The van der Waals surface area contributed by atoms with E-state index in [4.69, 9.17) is 0 Å². The van der Waals surface area contributed by atoms with Gasteiger partial charge in [-0.05, 0) is 18.9 Å². The van der Waals surface area contributed by atoms with Crippen LogP contribution in [0.3, 0.4) is 0 Å². The summed E-state index contributed by atoms with van der Waals surface area (Å²) in [6.07, 6.45) is 2.64. The summed E-state index contributed by atoms with van der Waals surface area (Å²) in [5, 5.41) is 20.0. The molecule has 1 aromatic rings. The Kier molecular flexibility index (Phi) is 3.00. The molecule has 6 heteroatoms. The van der Waals surface area contributed by atoms with E-state index in [1.165, 1.54) is 12.3 Å². The van der Waals surface area contributed by atoms with Gasteiger partial charge in [0.2, 0.25) is 0 Å². The van der Waals surface area contributed by atoms with Crippen molar-refractivity contribution in [3.63, 3.8) is 0 Å². The number of piperidine rings is 1. The third-order valence-electron chi connectivity index (χ3n) is 2.66. The maximum atomic E-state index is 10.5. The minimum absolute atomic E-state index is 0.0127. The van der Waals surface area contributed by atoms with Crippen molar-refractivity contribution in [1.82, 2.24) is 4.98 Å². The highest BCUT2D eigenvalue weighted by Gasteiger charge is 2.19. The van der Waals surface area contributed by atoms with E-state index in [0.29, 0.717) is 12.4 Å². The molecule has 6 nitrogen and oxygen atoms in total. The van der Waals surface area contributed by atoms with Gasteiger partial charge in [-0.15, -0.1) is 0 Å². The third-order valence-corrected chi connectivity index (χ3v) is 2.66. The number of rotatable bonds is 2. The second-order valence-corrected chi connectivity index (χ2v) is 3.87. The molecule has 1 fully saturated rings. The highest BCUT2D eigenvalue weighted by molar-refractivity contribution is 5.43. The lowest BCUT2D eigenvalue weighted by Gasteiger charge is -2.30. The number of aliphatic hydroxyl groups is 1. The van der Waals surface area contributed by atoms with Crippen molar-refractivity contribution in [2.45, 2.75) is 18.9 Å². The number of hydrogen-bond acceptors (Lipinski definition) is 5. The third kappa shape index (κ3) is 2.27. The molecule has 0 saturated carbocycles. The van der Waals surface area contributed by atoms with E-state index in [1.54, 1.807) is 6.07 Å². The standard InChI is InChI=1S/C10H13N3O3/c14-9-2-1-5-12(7-9)10-4-3-8(6-11-10)13(15)16/h3-4,6,9,14H,1-2,5,7H2. The maximum absolute atomic E-state index is 10.5. The second kappa shape index (κ2) is 4.44. The fourth-order valence-corrected chi connectivity index (χ4v) is 1.84. The van der Waals surface area contributed by atoms with Crippen molar-refractivity contribution in [1.29, 1.82) is 0 Å². The maximum Gasteiger partial charge on any atom is 0.287 e. The second-order valence-electron chi connectivity index (χ2n) is 3.87. The minimum atomic E-state index is -0.470. The Morgan fingerprint density at radius 1 is 1.56 bits per heavy atom. The van der Waals surface area contributed by atoms with Crippen molar-refractivity contribution in [2.75, 3.05) is 18.0 Å². The van der Waals surface area contributed by atoms with E-state index in [9.17, 15) is 15.2 Å². The van der Waals surface area contributed by atoms with Gasteiger partial charge in [0.25, 0.3) is 5.69 Å². The summed E-state index contributed by atoms with van der Waals surface area (Å²) < 4.78 is 0. The predicted octanol–water partition coefficient (Wildman–Crippen LogP) is 0.951. The molecule has 1 atom stereocenters. The number of β-amino-alcohol motifs (C(OH)–C–C–N with tert-alkyl or cyclic N) is 1. The summed E-state index contributed by atoms with van der Waals surface area (Å²) in [6.45, 7) is 1.38. The summed E-state index contributed by atoms with van der Waals surface area (Å²) in [5.41, 5.74) is -0.0127. The molecule has 0 aromatic carbocycles. The molecule has 1 saturated heterocycles. The van der Waals surface area contributed by atoms with Crippen LogP contribution in [0.25, 0.3) is 0 Å². The summed E-state index contributed by atoms with van der Waals surface area (Å²) >= 11 is 0. The fourth-order valence-electron chi connectivity index (χ4n) is 1.84. The van der Waals surface area contributed by atoms with Crippen molar-refractivity contribution in [3.05, 3.63) is 28.4 Å². The molecule has 0 spiro atoms. The van der Waals surface area contributed by atoms with Crippen molar-refractivity contribution >= 4 is 11.5 Å². The lowest BCUT2D eigenvalue weighted by molar-refractivity contribution is -0.385. The van der Waals surface area contributed by atoms with Crippen LogP contribution in [0.5, 0.6) is 0 Å². The number of nitro groups is 1. The molecule has 16 heavy (non-hydrogen) atoms. The number of anilines is 1. The van der Waals surface area contributed by atoms with Crippen LogP contribution in [0.1, 0.15) is 12.8 Å². The molecule has 0 amide bonds. The van der Waals surface area contributed by atoms with Crippen LogP contribution in [0.15, 0.2) is 18.3 Å². The Labute approximate surface area is 92.7 Å². The number of hydrogen-bond donors (Lipinski definition) is 1. The molecule has 0 bridgehead atoms. The lowest BCUT2D eigenvalue weighted by Crippen LogP contribution is -2.38. The van der Waals surface area contributed by atoms with E-state index in [-0.39, 0.29) is 11.8 Å². The van der Waals surface area contributed by atoms with E-state index in [0.717, 1.165) is 19.4 Å². The van der Waals surface area contributed by atoms with Gasteiger partial charge in [0.15, 0.2) is 0 Å². The van der Waals surface area contributed by atoms with Gasteiger partial charge in [0, 0.05) is 19.2 Å². The molecule has 1 N–H and O–H groups in total. The summed E-state index contributed by atoms with van der Waals surface area (Å²) in [7, 11) is 0. The van der Waals surface area contributed by atoms with Gasteiger partial charge in [-0.3, -0.25) is 10.1 Å². The van der Waals surface area contributed by atoms with Crippen LogP contribution in [-0.4, -0.2) is 34.2 Å². The Hall–Kier alpha value is -1.69. The number of aromatic nitrogens is 1. The molecule has 0 radical (unpaired) electrons. The van der Waals surface area contributed by atoms with Crippen LogP contribution >= 0.6 is 0 Å². The summed E-state index contributed by atoms with van der Waals surface area (Å²) in [5.74, 6) is 0.685. The molecule has 0 aliphatic carbocycles. The van der Waals surface area contributed by atoms with E-state index in [2.05, 4.69) is 4.98 Å². The van der Waals surface area contributed by atoms with E-state index >= 15 is 0 Å². The highest BCUT2D eigenvalue weighted by Crippen LogP contribution is 2.19. The van der Waals surface area contributed by atoms with Gasteiger partial charge in [-0.2, -0.15) is 0 Å². The lowest BCUT2D eigenvalue weighted by atomic mass is 10.1. The van der Waals surface area contributed by atoms with Crippen molar-refractivity contribution in [3.8, 4) is 0 Å². The Balaban J connectivity index is 2.11. The zero-order valence-corrected chi connectivity index (χ0v) is 8.74. The average molecular weight is 223 g/mol.